The third-order valence-corrected chi connectivity index (χ3v) is 5.16. The molecule has 6 nitrogen and oxygen atoms in total. The fourth-order valence-electron chi connectivity index (χ4n) is 2.13. The van der Waals surface area contributed by atoms with Gasteiger partial charge >= 0.3 is 5.97 Å². The molecule has 2 aromatic carbocycles. The van der Waals surface area contributed by atoms with E-state index in [1.807, 2.05) is 0 Å². The largest absolute Gasteiger partial charge is 0.457 e. The number of rotatable bonds is 6. The first-order valence-electron chi connectivity index (χ1n) is 7.28. The van der Waals surface area contributed by atoms with Gasteiger partial charge in [-0.25, -0.2) is 8.42 Å². The van der Waals surface area contributed by atoms with Gasteiger partial charge in [0.15, 0.2) is 0 Å². The molecule has 1 N–H and O–H groups in total. The minimum absolute atomic E-state index is 0.00666. The number of halogens is 1. The molecule has 0 unspecified atom stereocenters. The highest BCUT2D eigenvalue weighted by atomic mass is 35.5. The maximum Gasteiger partial charge on any atom is 0.321 e. The predicted octanol–water partition coefficient (Wildman–Crippen LogP) is 2.79. The van der Waals surface area contributed by atoms with Gasteiger partial charge in [0.1, 0.15) is 18.7 Å². The molecule has 0 radical (unpaired) electrons. The molecule has 0 bridgehead atoms. The Morgan fingerprint density at radius 1 is 1.24 bits per heavy atom. The van der Waals surface area contributed by atoms with Crippen LogP contribution in [-0.2, 0) is 19.6 Å². The molecule has 2 aromatic rings. The van der Waals surface area contributed by atoms with Gasteiger partial charge < -0.3 is 4.74 Å². The van der Waals surface area contributed by atoms with Crippen LogP contribution in [0.5, 0.6) is 0 Å². The molecule has 0 aliphatic heterocycles. The molecule has 0 saturated carbocycles. The summed E-state index contributed by atoms with van der Waals surface area (Å²) >= 11 is 6.03. The van der Waals surface area contributed by atoms with Crippen LogP contribution in [0.25, 0.3) is 0 Å². The van der Waals surface area contributed by atoms with Gasteiger partial charge in [-0.15, -0.1) is 0 Å². The zero-order chi connectivity index (χ0) is 18.4. The minimum Gasteiger partial charge on any atom is -0.457 e. The monoisotopic (exact) mass is 378 g/mol. The lowest BCUT2D eigenvalue weighted by atomic mass is 10.1. The van der Waals surface area contributed by atoms with Crippen molar-refractivity contribution in [2.45, 2.75) is 17.9 Å². The number of hydrogen-bond donors (Lipinski definition) is 1. The Labute approximate surface area is 151 Å². The lowest BCUT2D eigenvalue weighted by molar-refractivity contribution is -0.147. The highest BCUT2D eigenvalue weighted by Gasteiger charge is 2.21. The van der Waals surface area contributed by atoms with Crippen LogP contribution in [0.15, 0.2) is 53.4 Å². The van der Waals surface area contributed by atoms with Crippen molar-refractivity contribution in [3.05, 3.63) is 64.7 Å². The number of esters is 1. The van der Waals surface area contributed by atoms with Gasteiger partial charge in [-0.2, -0.15) is 9.98 Å². The third-order valence-electron chi connectivity index (χ3n) is 3.35. The van der Waals surface area contributed by atoms with E-state index < -0.39 is 28.6 Å². The minimum atomic E-state index is -4.01. The van der Waals surface area contributed by atoms with Crippen molar-refractivity contribution in [3.8, 4) is 6.07 Å². The average Bonchev–Trinajstić information content (AvgIpc) is 2.60. The molecule has 2 rings (SSSR count). The van der Waals surface area contributed by atoms with Crippen LogP contribution in [0.2, 0.25) is 5.02 Å². The van der Waals surface area contributed by atoms with Crippen LogP contribution in [0.3, 0.4) is 0 Å². The number of ether oxygens (including phenoxy) is 1. The Hall–Kier alpha value is -2.40. The van der Waals surface area contributed by atoms with Crippen molar-refractivity contribution in [1.82, 2.24) is 4.72 Å². The van der Waals surface area contributed by atoms with Gasteiger partial charge in [-0.3, -0.25) is 4.79 Å². The van der Waals surface area contributed by atoms with E-state index in [1.54, 1.807) is 43.3 Å². The quantitative estimate of drug-likeness (QED) is 0.779. The Kier molecular flexibility index (Phi) is 6.15. The molecule has 130 valence electrons. The molecule has 0 spiro atoms. The summed E-state index contributed by atoms with van der Waals surface area (Å²) in [6, 6.07) is 14.4. The third kappa shape index (κ3) is 4.79. The summed E-state index contributed by atoms with van der Waals surface area (Å²) in [5.41, 5.74) is 0.614. The summed E-state index contributed by atoms with van der Waals surface area (Å²) in [5, 5.41) is 9.43. The molecule has 0 aliphatic rings. The molecule has 0 aromatic heterocycles. The Morgan fingerprint density at radius 2 is 1.88 bits per heavy atom. The lowest BCUT2D eigenvalue weighted by Gasteiger charge is -2.15. The zero-order valence-electron chi connectivity index (χ0n) is 13.3. The van der Waals surface area contributed by atoms with Crippen LogP contribution in [0.1, 0.15) is 24.2 Å². The van der Waals surface area contributed by atoms with Crippen LogP contribution < -0.4 is 4.72 Å². The summed E-state index contributed by atoms with van der Waals surface area (Å²) in [4.78, 5) is 11.7. The van der Waals surface area contributed by atoms with Crippen molar-refractivity contribution in [3.63, 3.8) is 0 Å². The first-order chi connectivity index (χ1) is 11.8. The standard InChI is InChI=1S/C17H15ClN2O4S/c1-12(14-7-3-4-8-15(14)18)24-17(21)11-20-25(22,23)16-9-5-2-6-13(16)10-19/h2-9,12,20H,11H2,1H3/t12-/m1/s1. The first-order valence-corrected chi connectivity index (χ1v) is 9.14. The molecular formula is C17H15ClN2O4S. The van der Waals surface area contributed by atoms with E-state index in [1.165, 1.54) is 18.2 Å². The summed E-state index contributed by atoms with van der Waals surface area (Å²) in [6.45, 7) is 1.08. The molecule has 8 heteroatoms. The van der Waals surface area contributed by atoms with E-state index in [2.05, 4.69) is 4.72 Å². The molecule has 0 fully saturated rings. The molecule has 0 amide bonds. The molecule has 0 aliphatic carbocycles. The summed E-state index contributed by atoms with van der Waals surface area (Å²) in [6.07, 6.45) is -0.628. The van der Waals surface area contributed by atoms with Crippen molar-refractivity contribution in [2.75, 3.05) is 6.54 Å². The number of benzene rings is 2. The van der Waals surface area contributed by atoms with E-state index in [-0.39, 0.29) is 10.5 Å². The van der Waals surface area contributed by atoms with Gasteiger partial charge in [0.2, 0.25) is 10.0 Å². The van der Waals surface area contributed by atoms with E-state index in [9.17, 15) is 13.2 Å². The van der Waals surface area contributed by atoms with Gasteiger partial charge in [0, 0.05) is 10.6 Å². The Bertz CT molecular complexity index is 922. The number of hydrogen-bond acceptors (Lipinski definition) is 5. The highest BCUT2D eigenvalue weighted by molar-refractivity contribution is 7.89. The van der Waals surface area contributed by atoms with Crippen LogP contribution in [0.4, 0.5) is 0 Å². The number of nitrogens with zero attached hydrogens (tertiary/aromatic N) is 1. The molecule has 25 heavy (non-hydrogen) atoms. The van der Waals surface area contributed by atoms with Gasteiger partial charge in [-0.1, -0.05) is 41.9 Å². The van der Waals surface area contributed by atoms with E-state index in [0.717, 1.165) is 0 Å². The second-order valence-corrected chi connectivity index (χ2v) is 7.23. The van der Waals surface area contributed by atoms with Crippen LogP contribution in [-0.4, -0.2) is 20.9 Å². The maximum absolute atomic E-state index is 12.2. The number of nitriles is 1. The van der Waals surface area contributed by atoms with Crippen molar-refractivity contribution in [1.29, 1.82) is 5.26 Å². The Morgan fingerprint density at radius 3 is 2.56 bits per heavy atom. The Balaban J connectivity index is 2.02. The van der Waals surface area contributed by atoms with E-state index >= 15 is 0 Å². The smallest absolute Gasteiger partial charge is 0.321 e. The normalized spacial score (nSPS) is 12.2. The lowest BCUT2D eigenvalue weighted by Crippen LogP contribution is -2.31. The molecule has 0 heterocycles. The molecule has 1 atom stereocenters. The molecule has 0 saturated heterocycles. The topological polar surface area (TPSA) is 96.3 Å². The van der Waals surface area contributed by atoms with Crippen molar-refractivity contribution in [2.24, 2.45) is 0 Å². The van der Waals surface area contributed by atoms with Crippen molar-refractivity contribution >= 4 is 27.6 Å². The summed E-state index contributed by atoms with van der Waals surface area (Å²) in [7, 11) is -4.01. The SMILES string of the molecule is C[C@@H](OC(=O)CNS(=O)(=O)c1ccccc1C#N)c1ccccc1Cl. The van der Waals surface area contributed by atoms with Gasteiger partial charge in [-0.05, 0) is 25.1 Å². The van der Waals surface area contributed by atoms with Gasteiger partial charge in [0.25, 0.3) is 0 Å². The summed E-state index contributed by atoms with van der Waals surface area (Å²) in [5.74, 6) is -0.759. The first kappa shape index (κ1) is 18.9. The van der Waals surface area contributed by atoms with Crippen LogP contribution >= 0.6 is 11.6 Å². The maximum atomic E-state index is 12.2. The summed E-state index contributed by atoms with van der Waals surface area (Å²) < 4.78 is 31.8. The second kappa shape index (κ2) is 8.12. The molecular weight excluding hydrogens is 364 g/mol. The van der Waals surface area contributed by atoms with E-state index in [4.69, 9.17) is 21.6 Å². The number of sulfonamides is 1. The second-order valence-electron chi connectivity index (χ2n) is 5.09. The predicted molar refractivity (Wildman–Crippen MR) is 92.3 cm³/mol. The number of nitrogens with one attached hydrogen (secondary N) is 1. The van der Waals surface area contributed by atoms with Crippen molar-refractivity contribution < 1.29 is 17.9 Å². The van der Waals surface area contributed by atoms with E-state index in [0.29, 0.717) is 10.6 Å². The average molecular weight is 379 g/mol. The number of carbonyl (C=O) groups is 1. The number of carbonyl (C=O) groups excluding carboxylic acids is 1. The van der Waals surface area contributed by atoms with Gasteiger partial charge in [0.05, 0.1) is 10.5 Å². The zero-order valence-corrected chi connectivity index (χ0v) is 14.8. The fourth-order valence-corrected chi connectivity index (χ4v) is 3.55. The fraction of sp³-hybridized carbons (Fsp3) is 0.176. The van der Waals surface area contributed by atoms with Crippen LogP contribution in [0, 0.1) is 11.3 Å². The highest BCUT2D eigenvalue weighted by Crippen LogP contribution is 2.24.